The number of benzene rings is 2. The lowest BCUT2D eigenvalue weighted by Gasteiger charge is -2.17. The Morgan fingerprint density at radius 3 is 1.91 bits per heavy atom. The molecule has 0 saturated carbocycles. The topological polar surface area (TPSA) is 80.5 Å². The van der Waals surface area contributed by atoms with Crippen LogP contribution < -0.4 is 9.47 Å². The van der Waals surface area contributed by atoms with Crippen molar-refractivity contribution in [3.63, 3.8) is 0 Å². The lowest BCUT2D eigenvalue weighted by Crippen LogP contribution is -2.21. The fourth-order valence-corrected chi connectivity index (χ4v) is 3.49. The Morgan fingerprint density at radius 1 is 0.938 bits per heavy atom. The van der Waals surface area contributed by atoms with Gasteiger partial charge in [0, 0.05) is 11.1 Å². The molecule has 0 bridgehead atoms. The van der Waals surface area contributed by atoms with E-state index in [0.717, 1.165) is 39.1 Å². The van der Waals surface area contributed by atoms with Crippen LogP contribution in [0, 0.1) is 27.7 Å². The normalized spacial score (nSPS) is 12.6. The summed E-state index contributed by atoms with van der Waals surface area (Å²) in [6, 6.07) is 7.87. The summed E-state index contributed by atoms with van der Waals surface area (Å²) in [6.07, 6.45) is -0.819. The molecule has 32 heavy (non-hydrogen) atoms. The van der Waals surface area contributed by atoms with E-state index in [4.69, 9.17) is 19.3 Å². The molecule has 0 spiro atoms. The first-order valence-corrected chi connectivity index (χ1v) is 10.7. The third-order valence-electron chi connectivity index (χ3n) is 4.92. The predicted octanol–water partition coefficient (Wildman–Crippen LogP) is 4.50. The molecule has 0 saturated heterocycles. The summed E-state index contributed by atoms with van der Waals surface area (Å²) in [5.41, 5.74) is 6.08. The fraction of sp³-hybridized carbons (Fsp3) is 0.423. The van der Waals surface area contributed by atoms with Crippen LogP contribution in [0.2, 0.25) is 0 Å². The smallest absolute Gasteiger partial charge is 0.221 e. The van der Waals surface area contributed by atoms with E-state index in [1.54, 1.807) is 7.11 Å². The highest BCUT2D eigenvalue weighted by Crippen LogP contribution is 2.30. The molecule has 2 aromatic carbocycles. The lowest BCUT2D eigenvalue weighted by molar-refractivity contribution is 0.0532. The van der Waals surface area contributed by atoms with Crippen molar-refractivity contribution in [3.8, 4) is 11.5 Å². The van der Waals surface area contributed by atoms with Gasteiger partial charge in [-0.3, -0.25) is 0 Å². The molecule has 0 heterocycles. The van der Waals surface area contributed by atoms with Crippen molar-refractivity contribution < 1.29 is 24.4 Å². The van der Waals surface area contributed by atoms with Crippen molar-refractivity contribution in [1.29, 1.82) is 0 Å². The van der Waals surface area contributed by atoms with E-state index >= 15 is 0 Å². The van der Waals surface area contributed by atoms with Crippen LogP contribution in [-0.4, -0.2) is 48.6 Å². The molecule has 6 heteroatoms. The molecule has 1 atom stereocenters. The van der Waals surface area contributed by atoms with Crippen molar-refractivity contribution in [1.82, 2.24) is 0 Å². The van der Waals surface area contributed by atoms with Crippen LogP contribution in [0.3, 0.4) is 0 Å². The van der Waals surface area contributed by atoms with Crippen LogP contribution in [0.5, 0.6) is 11.5 Å². The van der Waals surface area contributed by atoms with Gasteiger partial charge in [-0.15, -0.1) is 0 Å². The number of hydrogen-bond acceptors (Lipinski definition) is 6. The van der Waals surface area contributed by atoms with Gasteiger partial charge in [-0.2, -0.15) is 0 Å². The Morgan fingerprint density at radius 2 is 1.44 bits per heavy atom. The number of ether oxygens (including phenoxy) is 3. The van der Waals surface area contributed by atoms with E-state index in [-0.39, 0.29) is 19.3 Å². The monoisotopic (exact) mass is 441 g/mol. The third-order valence-corrected chi connectivity index (χ3v) is 4.92. The first kappa shape index (κ1) is 25.4. The van der Waals surface area contributed by atoms with E-state index < -0.39 is 6.10 Å². The van der Waals surface area contributed by atoms with Crippen molar-refractivity contribution in [3.05, 3.63) is 64.2 Å². The van der Waals surface area contributed by atoms with Crippen LogP contribution in [0.25, 0.3) is 5.70 Å². The Hall–Kier alpha value is -2.83. The highest BCUT2D eigenvalue weighted by atomic mass is 16.5. The summed E-state index contributed by atoms with van der Waals surface area (Å²) >= 11 is 0. The molecule has 174 valence electrons. The number of hydrogen-bond donors (Lipinski definition) is 2. The van der Waals surface area contributed by atoms with E-state index in [1.807, 2.05) is 65.8 Å². The van der Waals surface area contributed by atoms with Gasteiger partial charge in [0.15, 0.2) is 0 Å². The predicted molar refractivity (Wildman–Crippen MR) is 129 cm³/mol. The van der Waals surface area contributed by atoms with Gasteiger partial charge in [0.25, 0.3) is 0 Å². The molecule has 0 radical (unpaired) electrons. The number of nitrogens with zero attached hydrogens (tertiary/aromatic N) is 1. The molecular weight excluding hydrogens is 406 g/mol. The number of aryl methyl sites for hydroxylation is 4. The number of aliphatic hydroxyl groups is 2. The minimum absolute atomic E-state index is 0.0275. The third kappa shape index (κ3) is 6.34. The molecule has 6 nitrogen and oxygen atoms in total. The van der Waals surface area contributed by atoms with Crippen LogP contribution in [0.1, 0.15) is 47.2 Å². The Bertz CT molecular complexity index is 948. The first-order valence-electron chi connectivity index (χ1n) is 10.7. The minimum Gasteiger partial charge on any atom is -0.490 e. The van der Waals surface area contributed by atoms with Gasteiger partial charge in [0.05, 0.1) is 25.5 Å². The SMILES string of the molecule is C=C(N=C(OC)c1cc(C)c(OC(C)C)c(C)c1)c1cc(C)c(OCC(O)CO)c(C)c1. The summed E-state index contributed by atoms with van der Waals surface area (Å²) in [7, 11) is 1.59. The maximum Gasteiger partial charge on any atom is 0.221 e. The zero-order valence-corrected chi connectivity index (χ0v) is 20.2. The van der Waals surface area contributed by atoms with E-state index in [0.29, 0.717) is 17.3 Å². The molecule has 1 unspecified atom stereocenters. The lowest BCUT2D eigenvalue weighted by atomic mass is 10.0. The van der Waals surface area contributed by atoms with E-state index in [9.17, 15) is 5.11 Å². The van der Waals surface area contributed by atoms with Gasteiger partial charge >= 0.3 is 0 Å². The highest BCUT2D eigenvalue weighted by molar-refractivity contribution is 5.98. The summed E-state index contributed by atoms with van der Waals surface area (Å²) < 4.78 is 17.2. The second-order valence-electron chi connectivity index (χ2n) is 8.26. The average Bonchev–Trinajstić information content (AvgIpc) is 2.73. The van der Waals surface area contributed by atoms with Gasteiger partial charge in [0.2, 0.25) is 5.90 Å². The molecule has 0 aromatic heterocycles. The summed E-state index contributed by atoms with van der Waals surface area (Å²) in [5.74, 6) is 2.03. The molecule has 0 aliphatic heterocycles. The summed E-state index contributed by atoms with van der Waals surface area (Å²) in [5, 5.41) is 18.5. The van der Waals surface area contributed by atoms with Gasteiger partial charge in [-0.1, -0.05) is 6.58 Å². The number of aliphatic hydroxyl groups excluding tert-OH is 2. The van der Waals surface area contributed by atoms with Crippen LogP contribution in [0.15, 0.2) is 35.8 Å². The molecule has 0 amide bonds. The average molecular weight is 442 g/mol. The van der Waals surface area contributed by atoms with E-state index in [1.165, 1.54) is 0 Å². The molecule has 2 rings (SSSR count). The van der Waals surface area contributed by atoms with Crippen molar-refractivity contribution in [2.75, 3.05) is 20.3 Å². The second kappa shape index (κ2) is 11.2. The standard InChI is InChI=1S/C26H35NO5/c1-15(2)32-25-18(5)11-22(12-19(25)6)26(30-8)27-20(7)21-9-16(3)24(17(4)10-21)31-14-23(29)13-28/h9-12,15,23,28-29H,7,13-14H2,1-6,8H3. The molecule has 0 aliphatic rings. The maximum atomic E-state index is 9.55. The zero-order valence-electron chi connectivity index (χ0n) is 20.2. The largest absolute Gasteiger partial charge is 0.490 e. The minimum atomic E-state index is -0.915. The fourth-order valence-electron chi connectivity index (χ4n) is 3.49. The molecular formula is C26H35NO5. The Kier molecular flexibility index (Phi) is 8.87. The first-order chi connectivity index (χ1) is 15.1. The van der Waals surface area contributed by atoms with Gasteiger partial charge < -0.3 is 24.4 Å². The summed E-state index contributed by atoms with van der Waals surface area (Å²) in [4.78, 5) is 4.65. The quantitative estimate of drug-likeness (QED) is 0.442. The van der Waals surface area contributed by atoms with Crippen LogP contribution in [-0.2, 0) is 4.74 Å². The number of aliphatic imine (C=N–C) groups is 1. The molecule has 2 aromatic rings. The highest BCUT2D eigenvalue weighted by Gasteiger charge is 2.14. The van der Waals surface area contributed by atoms with Gasteiger partial charge in [-0.25, -0.2) is 4.99 Å². The van der Waals surface area contributed by atoms with Crippen molar-refractivity contribution in [2.45, 2.75) is 53.8 Å². The molecule has 0 fully saturated rings. The van der Waals surface area contributed by atoms with Gasteiger partial charge in [-0.05, 0) is 88.1 Å². The second-order valence-corrected chi connectivity index (χ2v) is 8.26. The number of methoxy groups -OCH3 is 1. The summed E-state index contributed by atoms with van der Waals surface area (Å²) in [6.45, 7) is 15.7. The maximum absolute atomic E-state index is 9.55. The number of rotatable bonds is 9. The Labute approximate surface area is 191 Å². The Balaban J connectivity index is 2.33. The zero-order chi connectivity index (χ0) is 24.0. The molecule has 2 N–H and O–H groups in total. The van der Waals surface area contributed by atoms with Gasteiger partial charge in [0.1, 0.15) is 24.2 Å². The van der Waals surface area contributed by atoms with E-state index in [2.05, 4.69) is 11.6 Å². The van der Waals surface area contributed by atoms with Crippen LogP contribution >= 0.6 is 0 Å². The molecule has 0 aliphatic carbocycles. The van der Waals surface area contributed by atoms with Crippen molar-refractivity contribution >= 4 is 11.6 Å². The van der Waals surface area contributed by atoms with Crippen molar-refractivity contribution in [2.24, 2.45) is 4.99 Å². The van der Waals surface area contributed by atoms with Crippen LogP contribution in [0.4, 0.5) is 0 Å².